The molecule has 0 aromatic carbocycles. The van der Waals surface area contributed by atoms with Crippen molar-refractivity contribution in [2.45, 2.75) is 40.0 Å². The first kappa shape index (κ1) is 10.1. The highest BCUT2D eigenvalue weighted by atomic mass is 32.2. The third kappa shape index (κ3) is 3.18. The van der Waals surface area contributed by atoms with Gasteiger partial charge in [0.1, 0.15) is 0 Å². The first-order valence-electron chi connectivity index (χ1n) is 4.65. The number of thioether (sulfide) groups is 1. The fourth-order valence-electron chi connectivity index (χ4n) is 1.58. The van der Waals surface area contributed by atoms with Gasteiger partial charge < -0.3 is 0 Å². The molecule has 69 valence electrons. The highest BCUT2D eigenvalue weighted by Crippen LogP contribution is 2.31. The lowest BCUT2D eigenvalue weighted by Crippen LogP contribution is -2.14. The van der Waals surface area contributed by atoms with Crippen molar-refractivity contribution in [1.82, 2.24) is 0 Å². The molecule has 0 atom stereocenters. The predicted octanol–water partition coefficient (Wildman–Crippen LogP) is 3.51. The van der Waals surface area contributed by atoms with Crippen molar-refractivity contribution in [3.8, 4) is 0 Å². The van der Waals surface area contributed by atoms with Crippen LogP contribution in [-0.2, 0) is 0 Å². The van der Waals surface area contributed by atoms with Crippen LogP contribution in [0.5, 0.6) is 0 Å². The molecular formula is C10H18NS. The number of nitrogens with zero attached hydrogens (tertiary/aromatic N) is 1. The molecule has 0 aliphatic carbocycles. The summed E-state index contributed by atoms with van der Waals surface area (Å²) in [7, 11) is 0. The minimum atomic E-state index is 0.443. The van der Waals surface area contributed by atoms with Crippen LogP contribution in [0.25, 0.3) is 0 Å². The smallest absolute Gasteiger partial charge is 0.0835 e. The highest BCUT2D eigenvalue weighted by molar-refractivity contribution is 8.14. The average molecular weight is 184 g/mol. The zero-order valence-corrected chi connectivity index (χ0v) is 9.08. The summed E-state index contributed by atoms with van der Waals surface area (Å²) in [4.78, 5) is 4.36. The van der Waals surface area contributed by atoms with Crippen molar-refractivity contribution in [2.75, 3.05) is 5.75 Å². The van der Waals surface area contributed by atoms with E-state index in [1.807, 2.05) is 18.3 Å². The third-order valence-electron chi connectivity index (χ3n) is 2.12. The highest BCUT2D eigenvalue weighted by Gasteiger charge is 2.21. The number of aliphatic imine (C=N–C) groups is 1. The largest absolute Gasteiger partial charge is 0.276 e. The van der Waals surface area contributed by atoms with Gasteiger partial charge in [0.05, 0.1) is 11.6 Å². The van der Waals surface area contributed by atoms with Crippen LogP contribution in [0.1, 0.15) is 40.0 Å². The molecular weight excluding hydrogens is 166 g/mol. The molecule has 12 heavy (non-hydrogen) atoms. The van der Waals surface area contributed by atoms with E-state index in [1.165, 1.54) is 17.9 Å². The molecule has 0 aromatic rings. The van der Waals surface area contributed by atoms with E-state index in [1.54, 1.807) is 0 Å². The molecule has 0 fully saturated rings. The minimum absolute atomic E-state index is 0.443. The zero-order chi connectivity index (χ0) is 9.03. The molecule has 0 bridgehead atoms. The van der Waals surface area contributed by atoms with Crippen molar-refractivity contribution in [3.05, 3.63) is 6.54 Å². The van der Waals surface area contributed by atoms with Gasteiger partial charge in [-0.3, -0.25) is 4.99 Å². The molecule has 2 heteroatoms. The Kier molecular flexibility index (Phi) is 3.63. The normalized spacial score (nSPS) is 18.1. The molecule has 1 radical (unpaired) electrons. The maximum absolute atomic E-state index is 4.36. The molecule has 0 unspecified atom stereocenters. The van der Waals surface area contributed by atoms with E-state index < -0.39 is 0 Å². The summed E-state index contributed by atoms with van der Waals surface area (Å²) in [5.74, 6) is 1.08. The monoisotopic (exact) mass is 184 g/mol. The van der Waals surface area contributed by atoms with Gasteiger partial charge >= 0.3 is 0 Å². The maximum atomic E-state index is 4.36. The van der Waals surface area contributed by atoms with Crippen LogP contribution >= 0.6 is 11.8 Å². The molecule has 1 heterocycles. The summed E-state index contributed by atoms with van der Waals surface area (Å²) in [6, 6.07) is 0. The Morgan fingerprint density at radius 2 is 2.33 bits per heavy atom. The summed E-state index contributed by atoms with van der Waals surface area (Å²) in [6.07, 6.45) is 3.73. The zero-order valence-electron chi connectivity index (χ0n) is 8.26. The van der Waals surface area contributed by atoms with Crippen LogP contribution in [-0.4, -0.2) is 10.8 Å². The van der Waals surface area contributed by atoms with E-state index in [-0.39, 0.29) is 0 Å². The molecule has 0 spiro atoms. The van der Waals surface area contributed by atoms with Gasteiger partial charge in [-0.1, -0.05) is 27.2 Å². The van der Waals surface area contributed by atoms with Gasteiger partial charge in [0.25, 0.3) is 0 Å². The second-order valence-corrected chi connectivity index (χ2v) is 5.20. The molecule has 0 saturated carbocycles. The standard InChI is InChI=1S/C10H18NS/c1-4-5-10(2,3)8-9-11-6-7-12-9/h6H,4-5,7-8H2,1-3H3. The Labute approximate surface area is 80.0 Å². The van der Waals surface area contributed by atoms with Gasteiger partial charge in [0, 0.05) is 12.2 Å². The Bertz CT molecular complexity index is 173. The number of hydrogen-bond donors (Lipinski definition) is 0. The van der Waals surface area contributed by atoms with E-state index in [4.69, 9.17) is 0 Å². The summed E-state index contributed by atoms with van der Waals surface area (Å²) in [5, 5.41) is 1.33. The van der Waals surface area contributed by atoms with Gasteiger partial charge in [0.15, 0.2) is 0 Å². The second kappa shape index (κ2) is 4.31. The van der Waals surface area contributed by atoms with Crippen LogP contribution in [0.3, 0.4) is 0 Å². The van der Waals surface area contributed by atoms with Crippen molar-refractivity contribution in [3.63, 3.8) is 0 Å². The van der Waals surface area contributed by atoms with E-state index in [2.05, 4.69) is 25.8 Å². The van der Waals surface area contributed by atoms with Crippen molar-refractivity contribution in [1.29, 1.82) is 0 Å². The second-order valence-electron chi connectivity index (χ2n) is 4.11. The first-order chi connectivity index (χ1) is 5.64. The summed E-state index contributed by atoms with van der Waals surface area (Å²) in [6.45, 7) is 8.93. The Morgan fingerprint density at radius 1 is 1.58 bits per heavy atom. The van der Waals surface area contributed by atoms with Gasteiger partial charge in [-0.15, -0.1) is 11.8 Å². The molecule has 1 aliphatic heterocycles. The SMILES string of the molecule is CCCC(C)(C)CC1=N[CH]CS1. The summed E-state index contributed by atoms with van der Waals surface area (Å²) >= 11 is 1.89. The molecule has 0 N–H and O–H groups in total. The van der Waals surface area contributed by atoms with Crippen LogP contribution in [0.2, 0.25) is 0 Å². The van der Waals surface area contributed by atoms with E-state index >= 15 is 0 Å². The van der Waals surface area contributed by atoms with Crippen LogP contribution < -0.4 is 0 Å². The number of hydrogen-bond acceptors (Lipinski definition) is 2. The van der Waals surface area contributed by atoms with E-state index in [9.17, 15) is 0 Å². The van der Waals surface area contributed by atoms with E-state index in [0.717, 1.165) is 12.2 Å². The van der Waals surface area contributed by atoms with Crippen molar-refractivity contribution < 1.29 is 0 Å². The number of rotatable bonds is 4. The fourth-order valence-corrected chi connectivity index (χ4v) is 2.56. The first-order valence-corrected chi connectivity index (χ1v) is 5.64. The lowest BCUT2D eigenvalue weighted by molar-refractivity contribution is 0.348. The molecule has 0 amide bonds. The summed E-state index contributed by atoms with van der Waals surface area (Å²) in [5.41, 5.74) is 0.443. The maximum Gasteiger partial charge on any atom is 0.0835 e. The van der Waals surface area contributed by atoms with Crippen LogP contribution in [0.4, 0.5) is 0 Å². The average Bonchev–Trinajstić information content (AvgIpc) is 2.38. The van der Waals surface area contributed by atoms with Gasteiger partial charge in [-0.05, 0) is 11.8 Å². The molecule has 0 aromatic heterocycles. The topological polar surface area (TPSA) is 12.4 Å². The fraction of sp³-hybridized carbons (Fsp3) is 0.800. The van der Waals surface area contributed by atoms with Gasteiger partial charge in [0.2, 0.25) is 0 Å². The summed E-state index contributed by atoms with van der Waals surface area (Å²) < 4.78 is 0. The predicted molar refractivity (Wildman–Crippen MR) is 57.5 cm³/mol. The van der Waals surface area contributed by atoms with Crippen molar-refractivity contribution in [2.24, 2.45) is 10.4 Å². The van der Waals surface area contributed by atoms with Gasteiger partial charge in [-0.2, -0.15) is 0 Å². The Hall–Kier alpha value is 0.0200. The van der Waals surface area contributed by atoms with Gasteiger partial charge in [-0.25, -0.2) is 0 Å². The Morgan fingerprint density at radius 3 is 2.83 bits per heavy atom. The molecule has 1 nitrogen and oxygen atoms in total. The lowest BCUT2D eigenvalue weighted by Gasteiger charge is -2.23. The Balaban J connectivity index is 2.37. The molecule has 1 rings (SSSR count). The third-order valence-corrected chi connectivity index (χ3v) is 3.02. The lowest BCUT2D eigenvalue weighted by atomic mass is 9.85. The van der Waals surface area contributed by atoms with Crippen molar-refractivity contribution >= 4 is 16.8 Å². The van der Waals surface area contributed by atoms with Crippen LogP contribution in [0.15, 0.2) is 4.99 Å². The molecule has 1 aliphatic rings. The van der Waals surface area contributed by atoms with Crippen LogP contribution in [0, 0.1) is 12.0 Å². The quantitative estimate of drug-likeness (QED) is 0.651. The minimum Gasteiger partial charge on any atom is -0.276 e. The van der Waals surface area contributed by atoms with E-state index in [0.29, 0.717) is 5.41 Å². The molecule has 0 saturated heterocycles.